The maximum Gasteiger partial charge on any atom is 0.379 e. The van der Waals surface area contributed by atoms with Crippen molar-refractivity contribution in [3.8, 4) is 11.5 Å². The van der Waals surface area contributed by atoms with Gasteiger partial charge in [0.05, 0.1) is 6.61 Å². The summed E-state index contributed by atoms with van der Waals surface area (Å²) in [6.07, 6.45) is 0. The third-order valence-corrected chi connectivity index (χ3v) is 2.23. The van der Waals surface area contributed by atoms with Crippen LogP contribution in [0.25, 0.3) is 11.5 Å². The zero-order valence-corrected chi connectivity index (χ0v) is 9.77. The van der Waals surface area contributed by atoms with E-state index in [0.717, 1.165) is 0 Å². The summed E-state index contributed by atoms with van der Waals surface area (Å²) in [4.78, 5) is 15.2. The van der Waals surface area contributed by atoms with Crippen molar-refractivity contribution in [2.75, 3.05) is 6.61 Å². The first-order chi connectivity index (χ1) is 8.20. The highest BCUT2D eigenvalue weighted by molar-refractivity contribution is 6.30. The summed E-state index contributed by atoms with van der Waals surface area (Å²) in [5, 5.41) is 4.15. The van der Waals surface area contributed by atoms with Crippen LogP contribution >= 0.6 is 11.6 Å². The lowest BCUT2D eigenvalue weighted by atomic mass is 10.2. The van der Waals surface area contributed by atoms with Crippen LogP contribution in [0.5, 0.6) is 0 Å². The summed E-state index contributed by atoms with van der Waals surface area (Å²) >= 11 is 5.76. The molecule has 0 N–H and O–H groups in total. The molecule has 17 heavy (non-hydrogen) atoms. The van der Waals surface area contributed by atoms with Crippen molar-refractivity contribution in [1.29, 1.82) is 0 Å². The van der Waals surface area contributed by atoms with Gasteiger partial charge in [0, 0.05) is 10.6 Å². The van der Waals surface area contributed by atoms with Crippen LogP contribution < -0.4 is 0 Å². The summed E-state index contributed by atoms with van der Waals surface area (Å²) in [5.74, 6) is -0.432. The van der Waals surface area contributed by atoms with Gasteiger partial charge in [0.2, 0.25) is 0 Å². The smallest absolute Gasteiger partial charge is 0.379 e. The van der Waals surface area contributed by atoms with Gasteiger partial charge in [-0.25, -0.2) is 4.79 Å². The molecule has 0 saturated heterocycles. The van der Waals surface area contributed by atoms with Gasteiger partial charge in [-0.05, 0) is 36.3 Å². The molecule has 0 fully saturated rings. The van der Waals surface area contributed by atoms with Crippen molar-refractivity contribution in [2.45, 2.75) is 6.92 Å². The highest BCUT2D eigenvalue weighted by Crippen LogP contribution is 2.19. The van der Waals surface area contributed by atoms with Gasteiger partial charge in [-0.1, -0.05) is 11.6 Å². The van der Waals surface area contributed by atoms with E-state index in [1.165, 1.54) is 0 Å². The molecule has 2 aromatic rings. The Morgan fingerprint density at radius 2 is 2.12 bits per heavy atom. The van der Waals surface area contributed by atoms with Crippen LogP contribution in [0, 0.1) is 0 Å². The highest BCUT2D eigenvalue weighted by Gasteiger charge is 2.16. The second-order valence-electron chi connectivity index (χ2n) is 3.15. The van der Waals surface area contributed by atoms with Crippen molar-refractivity contribution in [2.24, 2.45) is 0 Å². The zero-order chi connectivity index (χ0) is 12.3. The molecular formula is C11H9ClN2O3. The van der Waals surface area contributed by atoms with Gasteiger partial charge in [0.15, 0.2) is 0 Å². The Bertz CT molecular complexity index is 522. The first kappa shape index (κ1) is 11.6. The molecule has 1 aromatic carbocycles. The molecule has 0 radical (unpaired) electrons. The largest absolute Gasteiger partial charge is 0.460 e. The maximum atomic E-state index is 11.3. The maximum absolute atomic E-state index is 11.3. The van der Waals surface area contributed by atoms with Crippen molar-refractivity contribution in [1.82, 2.24) is 10.1 Å². The van der Waals surface area contributed by atoms with Gasteiger partial charge in [0.1, 0.15) is 0 Å². The third-order valence-electron chi connectivity index (χ3n) is 1.98. The quantitative estimate of drug-likeness (QED) is 0.786. The Morgan fingerprint density at radius 1 is 1.41 bits per heavy atom. The summed E-state index contributed by atoms with van der Waals surface area (Å²) < 4.78 is 9.70. The van der Waals surface area contributed by atoms with Gasteiger partial charge in [0.25, 0.3) is 11.7 Å². The predicted molar refractivity (Wildman–Crippen MR) is 60.7 cm³/mol. The van der Waals surface area contributed by atoms with Gasteiger partial charge >= 0.3 is 5.97 Å². The first-order valence-corrected chi connectivity index (χ1v) is 5.35. The fraction of sp³-hybridized carbons (Fsp3) is 0.182. The number of hydrogen-bond acceptors (Lipinski definition) is 5. The number of ether oxygens (including phenoxy) is 1. The van der Waals surface area contributed by atoms with E-state index in [0.29, 0.717) is 10.6 Å². The topological polar surface area (TPSA) is 65.2 Å². The van der Waals surface area contributed by atoms with Crippen LogP contribution in [0.15, 0.2) is 28.8 Å². The van der Waals surface area contributed by atoms with E-state index >= 15 is 0 Å². The van der Waals surface area contributed by atoms with Crippen LogP contribution in [0.1, 0.15) is 17.5 Å². The molecule has 0 atom stereocenters. The molecule has 6 heteroatoms. The molecule has 1 heterocycles. The van der Waals surface area contributed by atoms with Crippen LogP contribution in [0.3, 0.4) is 0 Å². The number of benzene rings is 1. The minimum absolute atomic E-state index is 0.0863. The Hall–Kier alpha value is -1.88. The van der Waals surface area contributed by atoms with Crippen LogP contribution in [-0.4, -0.2) is 22.7 Å². The third kappa shape index (κ3) is 2.62. The van der Waals surface area contributed by atoms with Gasteiger partial charge < -0.3 is 9.26 Å². The van der Waals surface area contributed by atoms with Gasteiger partial charge in [-0.3, -0.25) is 0 Å². The minimum atomic E-state index is -0.600. The van der Waals surface area contributed by atoms with E-state index in [2.05, 4.69) is 10.1 Å². The highest BCUT2D eigenvalue weighted by atomic mass is 35.5. The lowest BCUT2D eigenvalue weighted by molar-refractivity contribution is 0.0508. The summed E-state index contributed by atoms with van der Waals surface area (Å²) in [5.41, 5.74) is 0.692. The molecule has 0 aliphatic rings. The molecule has 2 rings (SSSR count). The average molecular weight is 253 g/mol. The number of aromatic nitrogens is 2. The number of rotatable bonds is 3. The predicted octanol–water partition coefficient (Wildman–Crippen LogP) is 2.57. The van der Waals surface area contributed by atoms with E-state index in [1.54, 1.807) is 31.2 Å². The average Bonchev–Trinajstić information content (AvgIpc) is 2.80. The van der Waals surface area contributed by atoms with Crippen LogP contribution in [0.2, 0.25) is 5.02 Å². The second kappa shape index (κ2) is 4.97. The SMILES string of the molecule is CCOC(=O)c1noc(-c2ccc(Cl)cc2)n1. The van der Waals surface area contributed by atoms with E-state index in [4.69, 9.17) is 20.9 Å². The summed E-state index contributed by atoms with van der Waals surface area (Å²) in [7, 11) is 0. The fourth-order valence-corrected chi connectivity index (χ4v) is 1.34. The van der Waals surface area contributed by atoms with Crippen molar-refractivity contribution < 1.29 is 14.1 Å². The van der Waals surface area contributed by atoms with Gasteiger partial charge in [-0.15, -0.1) is 0 Å². The molecule has 5 nitrogen and oxygen atoms in total. The molecule has 88 valence electrons. The molecule has 0 amide bonds. The summed E-state index contributed by atoms with van der Waals surface area (Å²) in [6.45, 7) is 1.97. The Morgan fingerprint density at radius 3 is 2.76 bits per heavy atom. The van der Waals surface area contributed by atoms with E-state index < -0.39 is 5.97 Å². The molecule has 0 saturated carbocycles. The number of carbonyl (C=O) groups excluding carboxylic acids is 1. The number of halogens is 1. The number of esters is 1. The number of nitrogens with zero attached hydrogens (tertiary/aromatic N) is 2. The van der Waals surface area contributed by atoms with E-state index in [-0.39, 0.29) is 18.3 Å². The van der Waals surface area contributed by atoms with Crippen molar-refractivity contribution in [3.63, 3.8) is 0 Å². The molecular weight excluding hydrogens is 244 g/mol. The van der Waals surface area contributed by atoms with E-state index in [9.17, 15) is 4.79 Å². The second-order valence-corrected chi connectivity index (χ2v) is 3.59. The van der Waals surface area contributed by atoms with Crippen molar-refractivity contribution in [3.05, 3.63) is 35.1 Å². The monoisotopic (exact) mass is 252 g/mol. The zero-order valence-electron chi connectivity index (χ0n) is 9.01. The van der Waals surface area contributed by atoms with Gasteiger partial charge in [-0.2, -0.15) is 4.98 Å². The Balaban J connectivity index is 2.23. The molecule has 0 aliphatic heterocycles. The number of carbonyl (C=O) groups is 1. The normalized spacial score (nSPS) is 10.2. The van der Waals surface area contributed by atoms with Crippen LogP contribution in [-0.2, 0) is 4.74 Å². The minimum Gasteiger partial charge on any atom is -0.460 e. The lowest BCUT2D eigenvalue weighted by Crippen LogP contribution is -2.06. The van der Waals surface area contributed by atoms with Crippen molar-refractivity contribution >= 4 is 17.6 Å². The Labute approximate surface area is 102 Å². The van der Waals surface area contributed by atoms with Crippen LogP contribution in [0.4, 0.5) is 0 Å². The summed E-state index contributed by atoms with van der Waals surface area (Å²) in [6, 6.07) is 6.85. The lowest BCUT2D eigenvalue weighted by Gasteiger charge is -1.94. The molecule has 0 aliphatic carbocycles. The first-order valence-electron chi connectivity index (χ1n) is 4.97. The molecule has 0 unspecified atom stereocenters. The van der Waals surface area contributed by atoms with E-state index in [1.807, 2.05) is 0 Å². The standard InChI is InChI=1S/C11H9ClN2O3/c1-2-16-11(15)9-13-10(17-14-9)7-3-5-8(12)6-4-7/h3-6H,2H2,1H3. The molecule has 1 aromatic heterocycles. The molecule has 0 bridgehead atoms. The number of hydrogen-bond donors (Lipinski definition) is 0. The Kier molecular flexibility index (Phi) is 3.39. The fourth-order valence-electron chi connectivity index (χ4n) is 1.21. The molecule has 0 spiro atoms.